The Morgan fingerprint density at radius 2 is 2.18 bits per heavy atom. The van der Waals surface area contributed by atoms with E-state index in [4.69, 9.17) is 4.74 Å². The zero-order valence-electron chi connectivity index (χ0n) is 10.2. The summed E-state index contributed by atoms with van der Waals surface area (Å²) >= 11 is 0. The van der Waals surface area contributed by atoms with Crippen molar-refractivity contribution in [2.75, 3.05) is 25.4 Å². The summed E-state index contributed by atoms with van der Waals surface area (Å²) in [6.07, 6.45) is 4.99. The van der Waals surface area contributed by atoms with Crippen molar-refractivity contribution < 1.29 is 13.2 Å². The number of hydrogen-bond donors (Lipinski definition) is 2. The standard InChI is InChI=1S/C11H22N2O3S/c14-17(15,9-11-4-2-8-16-11)13-7-5-10-3-1-6-12-10/h10-13H,1-9H2/t10-,11?/m1/s1. The molecule has 100 valence electrons. The molecule has 2 saturated heterocycles. The predicted molar refractivity (Wildman–Crippen MR) is 66.4 cm³/mol. The molecule has 0 aromatic rings. The maximum absolute atomic E-state index is 11.7. The maximum Gasteiger partial charge on any atom is 0.214 e. The van der Waals surface area contributed by atoms with Crippen molar-refractivity contribution in [2.24, 2.45) is 0 Å². The van der Waals surface area contributed by atoms with Crippen LogP contribution in [-0.2, 0) is 14.8 Å². The number of nitrogens with one attached hydrogen (secondary N) is 2. The molecule has 2 fully saturated rings. The van der Waals surface area contributed by atoms with Crippen LogP contribution in [0.1, 0.15) is 32.1 Å². The minimum absolute atomic E-state index is 0.0999. The van der Waals surface area contributed by atoms with E-state index in [1.54, 1.807) is 0 Å². The Morgan fingerprint density at radius 3 is 2.82 bits per heavy atom. The topological polar surface area (TPSA) is 67.4 Å². The molecule has 2 atom stereocenters. The molecule has 2 heterocycles. The van der Waals surface area contributed by atoms with Gasteiger partial charge in [0.05, 0.1) is 11.9 Å². The molecule has 0 amide bonds. The van der Waals surface area contributed by atoms with Crippen LogP contribution >= 0.6 is 0 Å². The van der Waals surface area contributed by atoms with Gasteiger partial charge in [0.25, 0.3) is 0 Å². The molecule has 0 aromatic carbocycles. The minimum atomic E-state index is -3.16. The van der Waals surface area contributed by atoms with E-state index in [-0.39, 0.29) is 11.9 Å². The van der Waals surface area contributed by atoms with Crippen molar-refractivity contribution in [1.29, 1.82) is 0 Å². The highest BCUT2D eigenvalue weighted by atomic mass is 32.2. The lowest BCUT2D eigenvalue weighted by molar-refractivity contribution is 0.127. The molecule has 2 aliphatic rings. The Hall–Kier alpha value is -0.170. The smallest absolute Gasteiger partial charge is 0.214 e. The van der Waals surface area contributed by atoms with Crippen LogP contribution in [0.4, 0.5) is 0 Å². The third-order valence-electron chi connectivity index (χ3n) is 3.41. The molecular formula is C11H22N2O3S. The van der Waals surface area contributed by atoms with Crippen molar-refractivity contribution in [3.63, 3.8) is 0 Å². The van der Waals surface area contributed by atoms with Crippen molar-refractivity contribution in [1.82, 2.24) is 10.0 Å². The molecule has 0 aromatic heterocycles. The summed E-state index contributed by atoms with van der Waals surface area (Å²) in [6, 6.07) is 0.487. The van der Waals surface area contributed by atoms with E-state index in [9.17, 15) is 8.42 Å². The zero-order chi connectivity index (χ0) is 12.1. The molecular weight excluding hydrogens is 240 g/mol. The van der Waals surface area contributed by atoms with Crippen LogP contribution in [-0.4, -0.2) is 46.0 Å². The molecule has 0 radical (unpaired) electrons. The Labute approximate surface area is 103 Å². The summed E-state index contributed by atoms with van der Waals surface area (Å²) in [5, 5.41) is 3.36. The van der Waals surface area contributed by atoms with Gasteiger partial charge in [-0.2, -0.15) is 0 Å². The van der Waals surface area contributed by atoms with Gasteiger partial charge in [-0.25, -0.2) is 13.1 Å². The summed E-state index contributed by atoms with van der Waals surface area (Å²) in [6.45, 7) is 2.30. The largest absolute Gasteiger partial charge is 0.377 e. The van der Waals surface area contributed by atoms with Crippen LogP contribution in [0.15, 0.2) is 0 Å². The van der Waals surface area contributed by atoms with Crippen molar-refractivity contribution in [2.45, 2.75) is 44.2 Å². The monoisotopic (exact) mass is 262 g/mol. The van der Waals surface area contributed by atoms with E-state index in [1.807, 2.05) is 0 Å². The van der Waals surface area contributed by atoms with Crippen LogP contribution in [0.2, 0.25) is 0 Å². The fourth-order valence-electron chi connectivity index (χ4n) is 2.47. The van der Waals surface area contributed by atoms with Crippen LogP contribution in [0.25, 0.3) is 0 Å². The fourth-order valence-corrected chi connectivity index (χ4v) is 3.77. The highest BCUT2D eigenvalue weighted by molar-refractivity contribution is 7.89. The van der Waals surface area contributed by atoms with Gasteiger partial charge < -0.3 is 10.1 Å². The summed E-state index contributed by atoms with van der Waals surface area (Å²) in [5.74, 6) is 0.116. The highest BCUT2D eigenvalue weighted by Gasteiger charge is 2.23. The molecule has 17 heavy (non-hydrogen) atoms. The van der Waals surface area contributed by atoms with Crippen molar-refractivity contribution in [3.05, 3.63) is 0 Å². The Balaban J connectivity index is 1.65. The number of sulfonamides is 1. The lowest BCUT2D eigenvalue weighted by Crippen LogP contribution is -2.35. The predicted octanol–water partition coefficient (Wildman–Crippen LogP) is 0.227. The van der Waals surface area contributed by atoms with Gasteiger partial charge in [-0.1, -0.05) is 0 Å². The zero-order valence-corrected chi connectivity index (χ0v) is 11.0. The second kappa shape index (κ2) is 6.13. The van der Waals surface area contributed by atoms with E-state index in [0.717, 1.165) is 32.2 Å². The first-order valence-electron chi connectivity index (χ1n) is 6.48. The van der Waals surface area contributed by atoms with Gasteiger partial charge in [-0.3, -0.25) is 0 Å². The summed E-state index contributed by atoms with van der Waals surface area (Å²) in [7, 11) is -3.16. The summed E-state index contributed by atoms with van der Waals surface area (Å²) in [4.78, 5) is 0. The van der Waals surface area contributed by atoms with Gasteiger partial charge in [0.15, 0.2) is 0 Å². The van der Waals surface area contributed by atoms with E-state index < -0.39 is 10.0 Å². The molecule has 2 aliphatic heterocycles. The van der Waals surface area contributed by atoms with E-state index in [2.05, 4.69) is 10.0 Å². The number of ether oxygens (including phenoxy) is 1. The lowest BCUT2D eigenvalue weighted by Gasteiger charge is -2.13. The molecule has 0 bridgehead atoms. The van der Waals surface area contributed by atoms with Gasteiger partial charge in [0, 0.05) is 19.2 Å². The number of hydrogen-bond acceptors (Lipinski definition) is 4. The quantitative estimate of drug-likeness (QED) is 0.719. The van der Waals surface area contributed by atoms with Crippen LogP contribution in [0.5, 0.6) is 0 Å². The van der Waals surface area contributed by atoms with E-state index in [0.29, 0.717) is 19.2 Å². The van der Waals surface area contributed by atoms with Gasteiger partial charge >= 0.3 is 0 Å². The Bertz CT molecular complexity index is 320. The first-order chi connectivity index (χ1) is 8.16. The first kappa shape index (κ1) is 13.3. The fraction of sp³-hybridized carbons (Fsp3) is 1.00. The summed E-state index contributed by atoms with van der Waals surface area (Å²) < 4.78 is 31.5. The van der Waals surface area contributed by atoms with Crippen LogP contribution in [0.3, 0.4) is 0 Å². The van der Waals surface area contributed by atoms with E-state index >= 15 is 0 Å². The molecule has 0 aliphatic carbocycles. The Morgan fingerprint density at radius 1 is 1.29 bits per heavy atom. The average molecular weight is 262 g/mol. The third kappa shape index (κ3) is 4.54. The second-order valence-corrected chi connectivity index (χ2v) is 6.74. The summed E-state index contributed by atoms with van der Waals surface area (Å²) in [5.41, 5.74) is 0. The van der Waals surface area contributed by atoms with Gasteiger partial charge in [0.2, 0.25) is 10.0 Å². The second-order valence-electron chi connectivity index (χ2n) is 4.89. The molecule has 1 unspecified atom stereocenters. The van der Waals surface area contributed by atoms with Gasteiger partial charge in [-0.15, -0.1) is 0 Å². The molecule has 2 N–H and O–H groups in total. The number of rotatable bonds is 6. The van der Waals surface area contributed by atoms with Crippen molar-refractivity contribution in [3.8, 4) is 0 Å². The highest BCUT2D eigenvalue weighted by Crippen LogP contribution is 2.13. The molecule has 2 rings (SSSR count). The molecule has 0 spiro atoms. The third-order valence-corrected chi connectivity index (χ3v) is 4.86. The van der Waals surface area contributed by atoms with Crippen LogP contribution in [0, 0.1) is 0 Å². The van der Waals surface area contributed by atoms with Crippen molar-refractivity contribution >= 4 is 10.0 Å². The van der Waals surface area contributed by atoms with Crippen LogP contribution < -0.4 is 10.0 Å². The average Bonchev–Trinajstić information content (AvgIpc) is 2.89. The van der Waals surface area contributed by atoms with E-state index in [1.165, 1.54) is 6.42 Å². The van der Waals surface area contributed by atoms with Gasteiger partial charge in [-0.05, 0) is 38.6 Å². The SMILES string of the molecule is O=S(=O)(CC1CCCO1)NCC[C@H]1CCCN1. The minimum Gasteiger partial charge on any atom is -0.377 e. The molecule has 0 saturated carbocycles. The first-order valence-corrected chi connectivity index (χ1v) is 8.13. The lowest BCUT2D eigenvalue weighted by atomic mass is 10.2. The Kier molecular flexibility index (Phi) is 4.78. The van der Waals surface area contributed by atoms with Gasteiger partial charge in [0.1, 0.15) is 0 Å². The molecule has 6 heteroatoms. The normalized spacial score (nSPS) is 29.9. The molecule has 5 nitrogen and oxygen atoms in total. The maximum atomic E-state index is 11.7.